The van der Waals surface area contributed by atoms with Gasteiger partial charge in [-0.25, -0.2) is 0 Å². The first-order valence-corrected chi connectivity index (χ1v) is 4.53. The van der Waals surface area contributed by atoms with Gasteiger partial charge in [0.15, 0.2) is 0 Å². The zero-order valence-corrected chi connectivity index (χ0v) is 8.23. The van der Waals surface area contributed by atoms with Crippen molar-refractivity contribution in [2.75, 3.05) is 26.3 Å². The van der Waals surface area contributed by atoms with Crippen LogP contribution >= 0.6 is 0 Å². The number of hydrogen-bond donors (Lipinski definition) is 2. The summed E-state index contributed by atoms with van der Waals surface area (Å²) in [6.45, 7) is 3.17. The minimum Gasteiger partial charge on any atom is -0.379 e. The molecule has 0 aromatic rings. The van der Waals surface area contributed by atoms with E-state index < -0.39 is 18.6 Å². The molecule has 3 N–H and O–H groups in total. The molecule has 0 aromatic carbocycles. The second kappa shape index (κ2) is 7.03. The molecule has 0 bridgehead atoms. The highest BCUT2D eigenvalue weighted by atomic mass is 19.4. The SMILES string of the molecule is CC(CC(F)(F)F)NCCOCCN. The summed E-state index contributed by atoms with van der Waals surface area (Å²) in [4.78, 5) is 0. The third-order valence-corrected chi connectivity index (χ3v) is 1.54. The lowest BCUT2D eigenvalue weighted by Crippen LogP contribution is -2.33. The van der Waals surface area contributed by atoms with Crippen molar-refractivity contribution < 1.29 is 17.9 Å². The Labute approximate surface area is 81.8 Å². The number of halogens is 3. The van der Waals surface area contributed by atoms with Gasteiger partial charge >= 0.3 is 6.18 Å². The molecule has 3 nitrogen and oxygen atoms in total. The largest absolute Gasteiger partial charge is 0.390 e. The molecule has 1 unspecified atom stereocenters. The van der Waals surface area contributed by atoms with E-state index in [1.807, 2.05) is 0 Å². The average molecular weight is 214 g/mol. The Morgan fingerprint density at radius 1 is 1.36 bits per heavy atom. The summed E-state index contributed by atoms with van der Waals surface area (Å²) >= 11 is 0. The fraction of sp³-hybridized carbons (Fsp3) is 1.00. The molecule has 0 rings (SSSR count). The van der Waals surface area contributed by atoms with Crippen molar-refractivity contribution in [3.63, 3.8) is 0 Å². The van der Waals surface area contributed by atoms with Gasteiger partial charge in [0.2, 0.25) is 0 Å². The van der Waals surface area contributed by atoms with Crippen LogP contribution in [0.4, 0.5) is 13.2 Å². The lowest BCUT2D eigenvalue weighted by molar-refractivity contribution is -0.139. The molecule has 0 aliphatic rings. The maximum absolute atomic E-state index is 11.8. The number of nitrogens with one attached hydrogen (secondary N) is 1. The van der Waals surface area contributed by atoms with Gasteiger partial charge in [0, 0.05) is 19.1 Å². The summed E-state index contributed by atoms with van der Waals surface area (Å²) in [5.74, 6) is 0. The normalized spacial score (nSPS) is 14.4. The minimum atomic E-state index is -4.11. The molecule has 0 aromatic heterocycles. The summed E-state index contributed by atoms with van der Waals surface area (Å²) in [7, 11) is 0. The first kappa shape index (κ1) is 13.7. The Morgan fingerprint density at radius 3 is 2.50 bits per heavy atom. The quantitative estimate of drug-likeness (QED) is 0.619. The van der Waals surface area contributed by atoms with Crippen LogP contribution in [0.2, 0.25) is 0 Å². The topological polar surface area (TPSA) is 47.3 Å². The molecule has 0 radical (unpaired) electrons. The van der Waals surface area contributed by atoms with Crippen molar-refractivity contribution >= 4 is 0 Å². The number of nitrogens with two attached hydrogens (primary N) is 1. The van der Waals surface area contributed by atoms with Crippen LogP contribution in [0.25, 0.3) is 0 Å². The maximum Gasteiger partial charge on any atom is 0.390 e. The van der Waals surface area contributed by atoms with Crippen LogP contribution in [0.1, 0.15) is 13.3 Å². The Morgan fingerprint density at radius 2 is 2.00 bits per heavy atom. The van der Waals surface area contributed by atoms with Crippen molar-refractivity contribution in [3.05, 3.63) is 0 Å². The highest BCUT2D eigenvalue weighted by molar-refractivity contribution is 4.65. The number of ether oxygens (including phenoxy) is 1. The maximum atomic E-state index is 11.8. The number of rotatable bonds is 7. The predicted octanol–water partition coefficient (Wildman–Crippen LogP) is 0.892. The average Bonchev–Trinajstić information content (AvgIpc) is 2.00. The van der Waals surface area contributed by atoms with Gasteiger partial charge in [0.25, 0.3) is 0 Å². The zero-order chi connectivity index (χ0) is 11.0. The fourth-order valence-corrected chi connectivity index (χ4v) is 0.982. The summed E-state index contributed by atoms with van der Waals surface area (Å²) in [5.41, 5.74) is 5.16. The van der Waals surface area contributed by atoms with Crippen molar-refractivity contribution in [1.29, 1.82) is 0 Å². The summed E-state index contributed by atoms with van der Waals surface area (Å²) in [6.07, 6.45) is -4.92. The van der Waals surface area contributed by atoms with E-state index in [9.17, 15) is 13.2 Å². The van der Waals surface area contributed by atoms with E-state index >= 15 is 0 Å². The Kier molecular flexibility index (Phi) is 6.86. The number of hydrogen-bond acceptors (Lipinski definition) is 3. The van der Waals surface area contributed by atoms with E-state index in [4.69, 9.17) is 10.5 Å². The van der Waals surface area contributed by atoms with Crippen molar-refractivity contribution in [2.45, 2.75) is 25.6 Å². The Balaban J connectivity index is 3.31. The smallest absolute Gasteiger partial charge is 0.379 e. The van der Waals surface area contributed by atoms with Crippen LogP contribution in [0.5, 0.6) is 0 Å². The fourth-order valence-electron chi connectivity index (χ4n) is 0.982. The summed E-state index contributed by atoms with van der Waals surface area (Å²) < 4.78 is 40.5. The van der Waals surface area contributed by atoms with Crippen LogP contribution in [-0.2, 0) is 4.74 Å². The van der Waals surface area contributed by atoms with Crippen LogP contribution in [0.15, 0.2) is 0 Å². The number of alkyl halides is 3. The lowest BCUT2D eigenvalue weighted by atomic mass is 10.2. The van der Waals surface area contributed by atoms with Gasteiger partial charge in [-0.05, 0) is 6.92 Å². The highest BCUT2D eigenvalue weighted by Gasteiger charge is 2.29. The highest BCUT2D eigenvalue weighted by Crippen LogP contribution is 2.20. The molecule has 0 aliphatic heterocycles. The lowest BCUT2D eigenvalue weighted by Gasteiger charge is -2.15. The summed E-state index contributed by atoms with van der Waals surface area (Å²) in [6, 6.07) is -0.573. The van der Waals surface area contributed by atoms with E-state index in [0.29, 0.717) is 26.3 Å². The second-order valence-electron chi connectivity index (χ2n) is 3.08. The van der Waals surface area contributed by atoms with Gasteiger partial charge in [-0.1, -0.05) is 0 Å². The zero-order valence-electron chi connectivity index (χ0n) is 8.23. The molecule has 0 aliphatic carbocycles. The van der Waals surface area contributed by atoms with Crippen molar-refractivity contribution in [3.8, 4) is 0 Å². The van der Waals surface area contributed by atoms with E-state index in [0.717, 1.165) is 0 Å². The second-order valence-corrected chi connectivity index (χ2v) is 3.08. The predicted molar refractivity (Wildman–Crippen MR) is 48.0 cm³/mol. The Hall–Kier alpha value is -0.330. The first-order chi connectivity index (χ1) is 6.45. The third kappa shape index (κ3) is 9.76. The first-order valence-electron chi connectivity index (χ1n) is 4.53. The van der Waals surface area contributed by atoms with Crippen LogP contribution in [0, 0.1) is 0 Å². The van der Waals surface area contributed by atoms with Crippen LogP contribution in [-0.4, -0.2) is 38.5 Å². The molecular weight excluding hydrogens is 197 g/mol. The van der Waals surface area contributed by atoms with Crippen molar-refractivity contribution in [2.24, 2.45) is 5.73 Å². The van der Waals surface area contributed by atoms with Gasteiger partial charge in [-0.3, -0.25) is 0 Å². The summed E-state index contributed by atoms with van der Waals surface area (Å²) in [5, 5.41) is 2.71. The molecule has 14 heavy (non-hydrogen) atoms. The van der Waals surface area contributed by atoms with Crippen LogP contribution < -0.4 is 11.1 Å². The molecule has 6 heteroatoms. The van der Waals surface area contributed by atoms with Gasteiger partial charge in [-0.15, -0.1) is 0 Å². The van der Waals surface area contributed by atoms with E-state index in [-0.39, 0.29) is 0 Å². The Bertz CT molecular complexity index is 141. The molecule has 0 heterocycles. The molecule has 0 amide bonds. The molecular formula is C8H17F3N2O. The van der Waals surface area contributed by atoms with Crippen LogP contribution in [0.3, 0.4) is 0 Å². The van der Waals surface area contributed by atoms with E-state index in [1.165, 1.54) is 6.92 Å². The van der Waals surface area contributed by atoms with Gasteiger partial charge < -0.3 is 15.8 Å². The monoisotopic (exact) mass is 214 g/mol. The molecule has 0 saturated heterocycles. The van der Waals surface area contributed by atoms with Gasteiger partial charge in [0.1, 0.15) is 0 Å². The van der Waals surface area contributed by atoms with E-state index in [2.05, 4.69) is 5.32 Å². The molecule has 0 fully saturated rings. The molecule has 0 spiro atoms. The van der Waals surface area contributed by atoms with Gasteiger partial charge in [0.05, 0.1) is 19.6 Å². The minimum absolute atomic E-state index is 0.388. The van der Waals surface area contributed by atoms with Crippen molar-refractivity contribution in [1.82, 2.24) is 5.32 Å². The molecule has 0 saturated carbocycles. The molecule has 1 atom stereocenters. The van der Waals surface area contributed by atoms with Gasteiger partial charge in [-0.2, -0.15) is 13.2 Å². The third-order valence-electron chi connectivity index (χ3n) is 1.54. The van der Waals surface area contributed by atoms with E-state index in [1.54, 1.807) is 0 Å². The standard InChI is InChI=1S/C8H17F3N2O/c1-7(6-8(9,10)11)13-3-5-14-4-2-12/h7,13H,2-6,12H2,1H3. The molecule has 86 valence electrons.